The first kappa shape index (κ1) is 35.8. The number of anilines is 2. The monoisotopic (exact) mass is 687 g/mol. The maximum Gasteiger partial charge on any atom is 0.274 e. The molecule has 0 aliphatic heterocycles. The summed E-state index contributed by atoms with van der Waals surface area (Å²) < 4.78 is 1.36. The van der Waals surface area contributed by atoms with Gasteiger partial charge in [0.15, 0.2) is 0 Å². The number of halogens is 2. The third-order valence-corrected chi connectivity index (χ3v) is 8.51. The predicted molar refractivity (Wildman–Crippen MR) is 185 cm³/mol. The Balaban J connectivity index is 0.00000576. The SMILES string of the molecule is Cc1c(NC(=O)c2[nH]cc(NC(=O)c3c(C)c(-c4ccc(SCCCl)cc4)cn3NC=O)c2C)c[nH]c1C(=O)NCCC(=N)N.Cl. The lowest BCUT2D eigenvalue weighted by molar-refractivity contribution is -0.106. The summed E-state index contributed by atoms with van der Waals surface area (Å²) in [5.74, 6) is -0.0413. The van der Waals surface area contributed by atoms with Crippen molar-refractivity contribution < 1.29 is 19.2 Å². The van der Waals surface area contributed by atoms with E-state index >= 15 is 0 Å². The maximum atomic E-state index is 13.5. The van der Waals surface area contributed by atoms with Gasteiger partial charge in [0.1, 0.15) is 17.1 Å². The van der Waals surface area contributed by atoms with Crippen LogP contribution in [0.5, 0.6) is 0 Å². The van der Waals surface area contributed by atoms with Crippen molar-refractivity contribution in [2.24, 2.45) is 5.73 Å². The molecule has 0 fully saturated rings. The molecule has 4 aromatic rings. The van der Waals surface area contributed by atoms with Gasteiger partial charge in [0.2, 0.25) is 6.41 Å². The normalized spacial score (nSPS) is 10.5. The average molecular weight is 689 g/mol. The zero-order valence-electron chi connectivity index (χ0n) is 25.3. The minimum absolute atomic E-state index is 0. The smallest absolute Gasteiger partial charge is 0.274 e. The van der Waals surface area contributed by atoms with Gasteiger partial charge in [0.25, 0.3) is 17.7 Å². The molecule has 3 aromatic heterocycles. The van der Waals surface area contributed by atoms with Gasteiger partial charge in [-0.05, 0) is 44.0 Å². The van der Waals surface area contributed by atoms with Gasteiger partial charge in [0.05, 0.1) is 17.2 Å². The van der Waals surface area contributed by atoms with Gasteiger partial charge < -0.3 is 31.7 Å². The number of hydrogen-bond acceptors (Lipinski definition) is 6. The number of thioether (sulfide) groups is 1. The van der Waals surface area contributed by atoms with Gasteiger partial charge in [-0.2, -0.15) is 0 Å². The van der Waals surface area contributed by atoms with E-state index in [9.17, 15) is 19.2 Å². The molecule has 244 valence electrons. The molecule has 0 unspecified atom stereocenters. The second-order valence-electron chi connectivity index (χ2n) is 10.0. The van der Waals surface area contributed by atoms with Crippen molar-refractivity contribution in [1.29, 1.82) is 5.41 Å². The number of amidine groups is 1. The van der Waals surface area contributed by atoms with Crippen LogP contribution in [0, 0.1) is 26.2 Å². The van der Waals surface area contributed by atoms with Crippen molar-refractivity contribution in [1.82, 2.24) is 20.0 Å². The Bertz CT molecular complexity index is 1750. The number of H-pyrrole nitrogens is 2. The van der Waals surface area contributed by atoms with Crippen LogP contribution in [0.25, 0.3) is 11.1 Å². The Morgan fingerprint density at radius 1 is 0.957 bits per heavy atom. The number of carbonyl (C=O) groups excluding carboxylic acids is 4. The molecular formula is C30H35Cl2N9O4S. The molecule has 0 bridgehead atoms. The first-order valence-electron chi connectivity index (χ1n) is 13.9. The van der Waals surface area contributed by atoms with E-state index in [2.05, 4.69) is 31.3 Å². The fourth-order valence-electron chi connectivity index (χ4n) is 4.70. The zero-order chi connectivity index (χ0) is 32.7. The number of nitrogens with one attached hydrogen (secondary N) is 7. The van der Waals surface area contributed by atoms with Gasteiger partial charge in [-0.3, -0.25) is 34.7 Å². The van der Waals surface area contributed by atoms with E-state index in [-0.39, 0.29) is 54.2 Å². The Kier molecular flexibility index (Phi) is 12.5. The zero-order valence-corrected chi connectivity index (χ0v) is 27.7. The Labute approximate surface area is 280 Å². The Morgan fingerprint density at radius 3 is 2.11 bits per heavy atom. The fraction of sp³-hybridized carbons (Fsp3) is 0.233. The van der Waals surface area contributed by atoms with Gasteiger partial charge in [-0.15, -0.1) is 35.8 Å². The van der Waals surface area contributed by atoms with Crippen molar-refractivity contribution in [3.63, 3.8) is 0 Å². The van der Waals surface area contributed by atoms with E-state index < -0.39 is 11.8 Å². The lowest BCUT2D eigenvalue weighted by Gasteiger charge is -2.10. The van der Waals surface area contributed by atoms with Crippen LogP contribution in [0.1, 0.15) is 54.6 Å². The van der Waals surface area contributed by atoms with Crippen molar-refractivity contribution in [3.05, 3.63) is 76.6 Å². The first-order chi connectivity index (χ1) is 21.5. The van der Waals surface area contributed by atoms with E-state index in [4.69, 9.17) is 22.7 Å². The molecule has 16 heteroatoms. The quantitative estimate of drug-likeness (QED) is 0.0309. The minimum atomic E-state index is -0.488. The van der Waals surface area contributed by atoms with Crippen LogP contribution < -0.4 is 27.1 Å². The minimum Gasteiger partial charge on any atom is -0.388 e. The molecular weight excluding hydrogens is 653 g/mol. The summed E-state index contributed by atoms with van der Waals surface area (Å²) >= 11 is 7.44. The standard InChI is InChI=1S/C30H34ClN9O4S.ClH/c1-16-21(19-4-6-20(7-5-19)45-11-9-31)14-40(37-15-41)27(16)30(44)39-23-13-36-26(18(23)3)29(43)38-22-12-35-25(17(22)2)28(42)34-10-8-24(32)33;/h4-7,12-15,35-36H,8-11H2,1-3H3,(H3,32,33)(H,34,42)(H,37,41)(H,38,43)(H,39,44);1H. The van der Waals surface area contributed by atoms with Crippen LogP contribution in [-0.2, 0) is 4.79 Å². The predicted octanol–water partition coefficient (Wildman–Crippen LogP) is 4.75. The summed E-state index contributed by atoms with van der Waals surface area (Å²) in [5, 5.41) is 15.5. The molecule has 0 aliphatic carbocycles. The van der Waals surface area contributed by atoms with Crippen molar-refractivity contribution >= 4 is 77.1 Å². The van der Waals surface area contributed by atoms with Crippen molar-refractivity contribution in [2.45, 2.75) is 32.1 Å². The van der Waals surface area contributed by atoms with Crippen LogP contribution >= 0.6 is 35.8 Å². The maximum absolute atomic E-state index is 13.5. The van der Waals surface area contributed by atoms with E-state index in [1.54, 1.807) is 38.7 Å². The van der Waals surface area contributed by atoms with Crippen molar-refractivity contribution in [2.75, 3.05) is 34.2 Å². The molecule has 0 saturated heterocycles. The topological polar surface area (TPSA) is 203 Å². The molecule has 0 atom stereocenters. The summed E-state index contributed by atoms with van der Waals surface area (Å²) in [6.45, 7) is 5.38. The van der Waals surface area contributed by atoms with E-state index in [0.29, 0.717) is 40.4 Å². The highest BCUT2D eigenvalue weighted by Crippen LogP contribution is 2.30. The van der Waals surface area contributed by atoms with Gasteiger partial charge in [-0.1, -0.05) is 12.1 Å². The van der Waals surface area contributed by atoms with Gasteiger partial charge in [-0.25, -0.2) is 0 Å². The lowest BCUT2D eigenvalue weighted by atomic mass is 10.0. The molecule has 13 nitrogen and oxygen atoms in total. The van der Waals surface area contributed by atoms with Crippen LogP contribution in [0.4, 0.5) is 11.4 Å². The Hall–Kier alpha value is -4.66. The lowest BCUT2D eigenvalue weighted by Crippen LogP contribution is -2.28. The molecule has 3 heterocycles. The number of nitrogens with zero attached hydrogens (tertiary/aromatic N) is 1. The Morgan fingerprint density at radius 2 is 1.54 bits per heavy atom. The van der Waals surface area contributed by atoms with Crippen LogP contribution in [0.3, 0.4) is 0 Å². The number of aromatic amines is 2. The number of amides is 4. The molecule has 0 aliphatic rings. The fourth-order valence-corrected chi connectivity index (χ4v) is 5.58. The molecule has 4 rings (SSSR count). The molecule has 4 amide bonds. The molecule has 0 spiro atoms. The summed E-state index contributed by atoms with van der Waals surface area (Å²) in [4.78, 5) is 57.3. The van der Waals surface area contributed by atoms with Crippen molar-refractivity contribution in [3.8, 4) is 11.1 Å². The molecule has 46 heavy (non-hydrogen) atoms. The second kappa shape index (κ2) is 16.1. The number of hydrogen-bond donors (Lipinski definition) is 8. The largest absolute Gasteiger partial charge is 0.388 e. The number of nitrogens with two attached hydrogens (primary N) is 1. The number of rotatable bonds is 14. The highest BCUT2D eigenvalue weighted by atomic mass is 35.5. The number of alkyl halides is 1. The van der Waals surface area contributed by atoms with Gasteiger partial charge >= 0.3 is 0 Å². The number of benzene rings is 1. The third kappa shape index (κ3) is 8.13. The summed E-state index contributed by atoms with van der Waals surface area (Å²) in [6, 6.07) is 7.85. The van der Waals surface area contributed by atoms with E-state index in [1.807, 2.05) is 24.3 Å². The van der Waals surface area contributed by atoms with Crippen LogP contribution in [-0.4, -0.2) is 62.8 Å². The van der Waals surface area contributed by atoms with Crippen LogP contribution in [0.15, 0.2) is 47.8 Å². The van der Waals surface area contributed by atoms with E-state index in [1.165, 1.54) is 17.1 Å². The summed E-state index contributed by atoms with van der Waals surface area (Å²) in [7, 11) is 0. The van der Waals surface area contributed by atoms with Gasteiger partial charge in [0, 0.05) is 64.8 Å². The molecule has 9 N–H and O–H groups in total. The van der Waals surface area contributed by atoms with Crippen LogP contribution in [0.2, 0.25) is 0 Å². The summed E-state index contributed by atoms with van der Waals surface area (Å²) in [6.07, 6.45) is 5.41. The molecule has 0 saturated carbocycles. The van der Waals surface area contributed by atoms with E-state index in [0.717, 1.165) is 21.8 Å². The molecule has 0 radical (unpaired) electrons. The highest BCUT2D eigenvalue weighted by molar-refractivity contribution is 7.99. The number of carbonyl (C=O) groups is 4. The average Bonchev–Trinajstić information content (AvgIpc) is 3.66. The third-order valence-electron chi connectivity index (χ3n) is 7.09. The molecule has 1 aromatic carbocycles. The first-order valence-corrected chi connectivity index (χ1v) is 15.4. The summed E-state index contributed by atoms with van der Waals surface area (Å²) in [5.41, 5.74) is 12.7. The number of aromatic nitrogens is 3. The highest BCUT2D eigenvalue weighted by Gasteiger charge is 2.23. The second-order valence-corrected chi connectivity index (χ2v) is 11.6.